The summed E-state index contributed by atoms with van der Waals surface area (Å²) in [5.74, 6) is -2.77. The number of carboxylic acid groups (broad SMARTS) is 1. The topological polar surface area (TPSA) is 119 Å². The summed E-state index contributed by atoms with van der Waals surface area (Å²) in [7, 11) is 2.69. The van der Waals surface area contributed by atoms with Crippen LogP contribution in [0.25, 0.3) is 0 Å². The average Bonchev–Trinajstić information content (AvgIpc) is 3.03. The summed E-state index contributed by atoms with van der Waals surface area (Å²) in [6.07, 6.45) is 1.87. The van der Waals surface area contributed by atoms with Crippen molar-refractivity contribution in [2.45, 2.75) is 39.7 Å². The van der Waals surface area contributed by atoms with Crippen LogP contribution in [0.15, 0.2) is 11.6 Å². The molecule has 1 aliphatic rings. The van der Waals surface area contributed by atoms with Gasteiger partial charge in [-0.2, -0.15) is 0 Å². The fourth-order valence-corrected chi connectivity index (χ4v) is 3.39. The highest BCUT2D eigenvalue weighted by molar-refractivity contribution is 5.98. The van der Waals surface area contributed by atoms with Gasteiger partial charge in [0.05, 0.1) is 26.6 Å². The van der Waals surface area contributed by atoms with Crippen molar-refractivity contribution in [2.24, 2.45) is 5.92 Å². The molecule has 0 saturated carbocycles. The number of benzene rings is 1. The van der Waals surface area contributed by atoms with Gasteiger partial charge >= 0.3 is 17.9 Å². The van der Waals surface area contributed by atoms with E-state index in [0.29, 0.717) is 16.9 Å². The maximum Gasteiger partial charge on any atom is 0.342 e. The Morgan fingerprint density at radius 1 is 1.29 bits per heavy atom. The zero-order valence-electron chi connectivity index (χ0n) is 16.3. The van der Waals surface area contributed by atoms with Crippen molar-refractivity contribution in [3.8, 4) is 11.5 Å². The fraction of sp³-hybridized carbons (Fsp3) is 0.450. The molecule has 0 amide bonds. The van der Waals surface area contributed by atoms with Gasteiger partial charge < -0.3 is 24.4 Å². The molecule has 8 heteroatoms. The predicted molar refractivity (Wildman–Crippen MR) is 98.4 cm³/mol. The number of esters is 2. The first kappa shape index (κ1) is 21.3. The van der Waals surface area contributed by atoms with E-state index in [0.717, 1.165) is 11.1 Å². The molecule has 1 aliphatic heterocycles. The number of methoxy groups -OCH3 is 2. The molecular weight excluding hydrogens is 368 g/mol. The minimum absolute atomic E-state index is 0.0923. The molecule has 1 unspecified atom stereocenters. The first-order valence-electron chi connectivity index (χ1n) is 8.74. The van der Waals surface area contributed by atoms with E-state index in [2.05, 4.69) is 4.74 Å². The number of ether oxygens (including phenoxy) is 3. The molecule has 0 aromatic heterocycles. The molecule has 8 nitrogen and oxygen atoms in total. The molecule has 152 valence electrons. The highest BCUT2D eigenvalue weighted by atomic mass is 16.5. The van der Waals surface area contributed by atoms with E-state index in [9.17, 15) is 19.5 Å². The summed E-state index contributed by atoms with van der Waals surface area (Å²) < 4.78 is 15.1. The molecule has 2 rings (SSSR count). The molecule has 1 aromatic carbocycles. The van der Waals surface area contributed by atoms with Gasteiger partial charge in [-0.05, 0) is 32.3 Å². The molecule has 1 heterocycles. The van der Waals surface area contributed by atoms with Crippen molar-refractivity contribution in [3.05, 3.63) is 33.9 Å². The predicted octanol–water partition coefficient (Wildman–Crippen LogP) is 2.52. The van der Waals surface area contributed by atoms with Crippen LogP contribution in [0.5, 0.6) is 11.5 Å². The van der Waals surface area contributed by atoms with Crippen LogP contribution in [-0.4, -0.2) is 42.3 Å². The third kappa shape index (κ3) is 4.27. The number of hydrogen-bond donors (Lipinski definition) is 2. The number of rotatable bonds is 8. The van der Waals surface area contributed by atoms with Gasteiger partial charge in [0, 0.05) is 11.1 Å². The second-order valence-electron chi connectivity index (χ2n) is 6.69. The Morgan fingerprint density at radius 2 is 1.96 bits per heavy atom. The molecule has 28 heavy (non-hydrogen) atoms. The Morgan fingerprint density at radius 3 is 2.54 bits per heavy atom. The normalized spacial score (nSPS) is 14.3. The molecule has 1 aromatic rings. The van der Waals surface area contributed by atoms with Crippen molar-refractivity contribution in [1.82, 2.24) is 0 Å². The maximum atomic E-state index is 11.9. The molecule has 0 radical (unpaired) electrons. The van der Waals surface area contributed by atoms with Gasteiger partial charge in [0.15, 0.2) is 0 Å². The number of carbonyl (C=O) groups is 3. The lowest BCUT2D eigenvalue weighted by atomic mass is 9.93. The first-order chi connectivity index (χ1) is 13.2. The highest BCUT2D eigenvalue weighted by Crippen LogP contribution is 2.42. The van der Waals surface area contributed by atoms with Gasteiger partial charge in [-0.25, -0.2) is 4.79 Å². The number of phenols is 1. The van der Waals surface area contributed by atoms with Crippen LogP contribution in [0, 0.1) is 12.8 Å². The molecule has 2 N–H and O–H groups in total. The lowest BCUT2D eigenvalue weighted by Gasteiger charge is -2.16. The zero-order valence-corrected chi connectivity index (χ0v) is 16.3. The van der Waals surface area contributed by atoms with Crippen molar-refractivity contribution in [1.29, 1.82) is 0 Å². The number of carboxylic acids is 1. The van der Waals surface area contributed by atoms with E-state index in [-0.39, 0.29) is 37.2 Å². The minimum atomic E-state index is -1.09. The Kier molecular flexibility index (Phi) is 6.66. The van der Waals surface area contributed by atoms with E-state index in [1.165, 1.54) is 14.2 Å². The van der Waals surface area contributed by atoms with Crippen LogP contribution in [0.2, 0.25) is 0 Å². The van der Waals surface area contributed by atoms with Crippen LogP contribution in [-0.2, 0) is 32.1 Å². The first-order valence-corrected chi connectivity index (χ1v) is 8.74. The van der Waals surface area contributed by atoms with E-state index in [4.69, 9.17) is 14.6 Å². The number of phenolic OH excluding ortho intramolecular Hbond substituents is 1. The molecular formula is C20H24O8. The summed E-state index contributed by atoms with van der Waals surface area (Å²) in [6, 6.07) is 0. The Labute approximate surface area is 162 Å². The second-order valence-corrected chi connectivity index (χ2v) is 6.69. The standard InChI is InChI=1S/C20H24O8/c1-10(7-12(8-15(21)22)19(24)27-4)5-6-13-17(23)16-14(9-28-20(16)25)11(2)18(13)26-3/h5,12,23H,6-9H2,1-4H3,(H,21,22)/b10-5+. The number of carbonyl (C=O) groups excluding carboxylic acids is 2. The summed E-state index contributed by atoms with van der Waals surface area (Å²) in [6.45, 7) is 3.64. The number of aliphatic carboxylic acids is 1. The third-order valence-corrected chi connectivity index (χ3v) is 4.83. The average molecular weight is 392 g/mol. The van der Waals surface area contributed by atoms with Gasteiger partial charge in [-0.1, -0.05) is 11.6 Å². The van der Waals surface area contributed by atoms with Crippen molar-refractivity contribution in [3.63, 3.8) is 0 Å². The van der Waals surface area contributed by atoms with Gasteiger partial charge in [0.25, 0.3) is 0 Å². The van der Waals surface area contributed by atoms with Crippen LogP contribution >= 0.6 is 0 Å². The molecule has 0 aliphatic carbocycles. The summed E-state index contributed by atoms with van der Waals surface area (Å²) >= 11 is 0. The minimum Gasteiger partial charge on any atom is -0.507 e. The van der Waals surface area contributed by atoms with Gasteiger partial charge in [0.1, 0.15) is 23.7 Å². The second kappa shape index (κ2) is 8.77. The molecule has 0 saturated heterocycles. The lowest BCUT2D eigenvalue weighted by molar-refractivity contribution is -0.150. The van der Waals surface area contributed by atoms with Crippen molar-refractivity contribution >= 4 is 17.9 Å². The number of cyclic esters (lactones) is 1. The summed E-state index contributed by atoms with van der Waals surface area (Å²) in [5, 5.41) is 19.6. The number of hydrogen-bond acceptors (Lipinski definition) is 7. The summed E-state index contributed by atoms with van der Waals surface area (Å²) in [4.78, 5) is 34.7. The van der Waals surface area contributed by atoms with Gasteiger partial charge in [-0.15, -0.1) is 0 Å². The van der Waals surface area contributed by atoms with E-state index < -0.39 is 23.8 Å². The molecule has 0 spiro atoms. The molecule has 0 fully saturated rings. The fourth-order valence-electron chi connectivity index (χ4n) is 3.39. The summed E-state index contributed by atoms with van der Waals surface area (Å²) in [5.41, 5.74) is 2.66. The van der Waals surface area contributed by atoms with Crippen molar-refractivity contribution in [2.75, 3.05) is 14.2 Å². The largest absolute Gasteiger partial charge is 0.507 e. The third-order valence-electron chi connectivity index (χ3n) is 4.83. The van der Waals surface area contributed by atoms with E-state index in [1.807, 2.05) is 0 Å². The zero-order chi connectivity index (χ0) is 21.0. The smallest absolute Gasteiger partial charge is 0.342 e. The Hall–Kier alpha value is -3.03. The number of allylic oxidation sites excluding steroid dienone is 2. The van der Waals surface area contributed by atoms with Gasteiger partial charge in [-0.3, -0.25) is 9.59 Å². The van der Waals surface area contributed by atoms with Crippen LogP contribution in [0.1, 0.15) is 46.8 Å². The maximum absolute atomic E-state index is 11.9. The number of fused-ring (bicyclic) bond motifs is 1. The van der Waals surface area contributed by atoms with Gasteiger partial charge in [0.2, 0.25) is 0 Å². The lowest BCUT2D eigenvalue weighted by Crippen LogP contribution is -2.20. The van der Waals surface area contributed by atoms with Crippen LogP contribution in [0.3, 0.4) is 0 Å². The van der Waals surface area contributed by atoms with E-state index in [1.54, 1.807) is 19.9 Å². The molecule has 1 atom stereocenters. The highest BCUT2D eigenvalue weighted by Gasteiger charge is 2.32. The van der Waals surface area contributed by atoms with Crippen LogP contribution < -0.4 is 4.74 Å². The number of aromatic hydroxyl groups is 1. The van der Waals surface area contributed by atoms with Crippen molar-refractivity contribution < 1.29 is 38.8 Å². The Balaban J connectivity index is 2.31. The quantitative estimate of drug-likeness (QED) is 0.512. The van der Waals surface area contributed by atoms with Crippen LogP contribution in [0.4, 0.5) is 0 Å². The SMILES string of the molecule is COC(=O)C(CC(=O)O)C/C(C)=C/Cc1c(O)c2c(c(C)c1OC)COC2=O. The Bertz CT molecular complexity index is 837. The van der Waals surface area contributed by atoms with E-state index >= 15 is 0 Å². The molecule has 0 bridgehead atoms. The monoisotopic (exact) mass is 392 g/mol.